The molecule has 3 aromatic carbocycles. The Morgan fingerprint density at radius 1 is 1.00 bits per heavy atom. The van der Waals surface area contributed by atoms with Crippen molar-refractivity contribution in [2.45, 2.75) is 33.2 Å². The summed E-state index contributed by atoms with van der Waals surface area (Å²) in [6.07, 6.45) is 1.69. The summed E-state index contributed by atoms with van der Waals surface area (Å²) in [4.78, 5) is 0. The maximum Gasteiger partial charge on any atom is 0.187 e. The summed E-state index contributed by atoms with van der Waals surface area (Å²) in [5.74, 6) is 2.03. The zero-order valence-electron chi connectivity index (χ0n) is 19.7. The maximum atomic E-state index is 6.03. The topological polar surface area (TPSA) is 54.9 Å². The fourth-order valence-electron chi connectivity index (χ4n) is 3.28. The molecule has 0 unspecified atom stereocenters. The number of hydrogen-bond acceptors (Lipinski definition) is 4. The summed E-state index contributed by atoms with van der Waals surface area (Å²) >= 11 is 8.81. The minimum Gasteiger partial charge on any atom is -0.490 e. The number of benzene rings is 3. The number of nitrogens with zero attached hydrogens (tertiary/aromatic N) is 1. The molecule has 0 radical (unpaired) electrons. The first kappa shape index (κ1) is 25.7. The van der Waals surface area contributed by atoms with Crippen LogP contribution in [0.4, 0.5) is 0 Å². The van der Waals surface area contributed by atoms with Crippen molar-refractivity contribution >= 4 is 39.5 Å². The van der Waals surface area contributed by atoms with Crippen molar-refractivity contribution in [1.29, 1.82) is 0 Å². The lowest BCUT2D eigenvalue weighted by Crippen LogP contribution is -2.31. The van der Waals surface area contributed by atoms with E-state index in [1.54, 1.807) is 6.21 Å². The number of rotatable bonds is 10. The Morgan fingerprint density at radius 2 is 1.74 bits per heavy atom. The highest BCUT2D eigenvalue weighted by molar-refractivity contribution is 9.10. The molecular formula is C27H30BrN3O2S. The molecule has 0 aliphatic heterocycles. The van der Waals surface area contributed by atoms with Crippen molar-refractivity contribution < 1.29 is 9.47 Å². The summed E-state index contributed by atoms with van der Waals surface area (Å²) < 4.78 is 13.0. The number of halogens is 1. The van der Waals surface area contributed by atoms with E-state index in [1.165, 1.54) is 11.1 Å². The zero-order chi connectivity index (χ0) is 24.3. The van der Waals surface area contributed by atoms with Gasteiger partial charge in [0.2, 0.25) is 0 Å². The van der Waals surface area contributed by atoms with E-state index >= 15 is 0 Å². The standard InChI is InChI=1S/C27H30BrN3O2S/c1-19(2)24-11-9-20(3)15-26(24)33-14-13-32-25-12-10-23(28)16-22(25)18-30-31-27(34)29-17-21-7-5-4-6-8-21/h4-12,15-16,18-19H,13-14,17H2,1-3H3,(H2,29,31,34). The Morgan fingerprint density at radius 3 is 2.47 bits per heavy atom. The summed E-state index contributed by atoms with van der Waals surface area (Å²) in [6.45, 7) is 7.89. The number of aryl methyl sites for hydroxylation is 1. The number of ether oxygens (including phenoxy) is 2. The fraction of sp³-hybridized carbons (Fsp3) is 0.259. The highest BCUT2D eigenvalue weighted by Crippen LogP contribution is 2.27. The molecule has 0 amide bonds. The number of hydrogen-bond donors (Lipinski definition) is 2. The van der Waals surface area contributed by atoms with Crippen LogP contribution in [0.3, 0.4) is 0 Å². The first-order valence-electron chi connectivity index (χ1n) is 11.2. The third kappa shape index (κ3) is 8.15. The average molecular weight is 541 g/mol. The molecule has 0 saturated heterocycles. The first-order valence-corrected chi connectivity index (χ1v) is 12.4. The van der Waals surface area contributed by atoms with Crippen LogP contribution in [0.25, 0.3) is 0 Å². The van der Waals surface area contributed by atoms with Gasteiger partial charge in [0, 0.05) is 16.6 Å². The van der Waals surface area contributed by atoms with Crippen molar-refractivity contribution in [1.82, 2.24) is 10.7 Å². The average Bonchev–Trinajstić information content (AvgIpc) is 2.82. The van der Waals surface area contributed by atoms with Gasteiger partial charge in [-0.25, -0.2) is 0 Å². The Bertz CT molecular complexity index is 1120. The highest BCUT2D eigenvalue weighted by Gasteiger charge is 2.09. The zero-order valence-corrected chi connectivity index (χ0v) is 22.1. The number of nitrogens with one attached hydrogen (secondary N) is 2. The summed E-state index contributed by atoms with van der Waals surface area (Å²) in [7, 11) is 0. The van der Waals surface area contributed by atoms with E-state index in [-0.39, 0.29) is 0 Å². The summed E-state index contributed by atoms with van der Waals surface area (Å²) in [5.41, 5.74) is 7.20. The quantitative estimate of drug-likeness (QED) is 0.136. The van der Waals surface area contributed by atoms with Crippen LogP contribution in [-0.2, 0) is 6.54 Å². The van der Waals surface area contributed by atoms with Gasteiger partial charge >= 0.3 is 0 Å². The molecule has 0 aliphatic rings. The molecule has 3 aromatic rings. The minimum absolute atomic E-state index is 0.395. The molecule has 7 heteroatoms. The molecule has 0 bridgehead atoms. The molecule has 178 valence electrons. The third-order valence-electron chi connectivity index (χ3n) is 5.03. The largest absolute Gasteiger partial charge is 0.490 e. The molecule has 0 aliphatic carbocycles. The van der Waals surface area contributed by atoms with Gasteiger partial charge in [-0.2, -0.15) is 5.10 Å². The third-order valence-corrected chi connectivity index (χ3v) is 5.76. The monoisotopic (exact) mass is 539 g/mol. The molecule has 34 heavy (non-hydrogen) atoms. The molecule has 5 nitrogen and oxygen atoms in total. The highest BCUT2D eigenvalue weighted by atomic mass is 79.9. The molecular weight excluding hydrogens is 510 g/mol. The Kier molecular flexibility index (Phi) is 9.91. The van der Waals surface area contributed by atoms with Gasteiger partial charge in [-0.15, -0.1) is 0 Å². The van der Waals surface area contributed by atoms with Gasteiger partial charge in [0.25, 0.3) is 0 Å². The van der Waals surface area contributed by atoms with Crippen molar-refractivity contribution in [2.75, 3.05) is 13.2 Å². The van der Waals surface area contributed by atoms with Gasteiger partial charge in [-0.05, 0) is 66.0 Å². The van der Waals surface area contributed by atoms with Crippen LogP contribution in [-0.4, -0.2) is 24.5 Å². The molecule has 0 atom stereocenters. The fourth-order valence-corrected chi connectivity index (χ4v) is 3.78. The number of thiocarbonyl (C=S) groups is 1. The molecule has 0 fully saturated rings. The van der Waals surface area contributed by atoms with E-state index < -0.39 is 0 Å². The van der Waals surface area contributed by atoms with Gasteiger partial charge in [0.1, 0.15) is 24.7 Å². The Hall–Kier alpha value is -2.90. The van der Waals surface area contributed by atoms with E-state index in [1.807, 2.05) is 48.5 Å². The van der Waals surface area contributed by atoms with Crippen molar-refractivity contribution in [3.63, 3.8) is 0 Å². The normalized spacial score (nSPS) is 11.0. The second-order valence-corrected chi connectivity index (χ2v) is 9.44. The lowest BCUT2D eigenvalue weighted by molar-refractivity contribution is 0.215. The Balaban J connectivity index is 1.52. The van der Waals surface area contributed by atoms with E-state index in [0.717, 1.165) is 21.3 Å². The van der Waals surface area contributed by atoms with Gasteiger partial charge in [-0.1, -0.05) is 72.2 Å². The molecule has 0 aromatic heterocycles. The predicted octanol–water partition coefficient (Wildman–Crippen LogP) is 6.34. The smallest absolute Gasteiger partial charge is 0.187 e. The van der Waals surface area contributed by atoms with Crippen molar-refractivity contribution in [3.05, 3.63) is 93.5 Å². The van der Waals surface area contributed by atoms with Crippen LogP contribution >= 0.6 is 28.1 Å². The van der Waals surface area contributed by atoms with E-state index in [4.69, 9.17) is 21.7 Å². The van der Waals surface area contributed by atoms with Gasteiger partial charge in [0.15, 0.2) is 5.11 Å². The maximum absolute atomic E-state index is 6.03. The van der Waals surface area contributed by atoms with Crippen LogP contribution in [0.1, 0.15) is 42.0 Å². The molecule has 0 saturated carbocycles. The van der Waals surface area contributed by atoms with Gasteiger partial charge < -0.3 is 14.8 Å². The molecule has 0 spiro atoms. The van der Waals surface area contributed by atoms with E-state index in [2.05, 4.69) is 70.7 Å². The van der Waals surface area contributed by atoms with Crippen LogP contribution in [0.15, 0.2) is 76.3 Å². The first-order chi connectivity index (χ1) is 16.4. The molecule has 3 rings (SSSR count). The van der Waals surface area contributed by atoms with E-state index in [0.29, 0.717) is 36.5 Å². The van der Waals surface area contributed by atoms with Crippen LogP contribution in [0.5, 0.6) is 11.5 Å². The van der Waals surface area contributed by atoms with Crippen molar-refractivity contribution in [2.24, 2.45) is 5.10 Å². The Labute approximate surface area is 215 Å². The van der Waals surface area contributed by atoms with Crippen LogP contribution < -0.4 is 20.2 Å². The predicted molar refractivity (Wildman–Crippen MR) is 147 cm³/mol. The van der Waals surface area contributed by atoms with E-state index in [9.17, 15) is 0 Å². The van der Waals surface area contributed by atoms with Crippen molar-refractivity contribution in [3.8, 4) is 11.5 Å². The second kappa shape index (κ2) is 13.1. The minimum atomic E-state index is 0.395. The lowest BCUT2D eigenvalue weighted by atomic mass is 10.0. The number of hydrazone groups is 1. The van der Waals surface area contributed by atoms with Crippen LogP contribution in [0, 0.1) is 6.92 Å². The molecule has 2 N–H and O–H groups in total. The van der Waals surface area contributed by atoms with Crippen LogP contribution in [0.2, 0.25) is 0 Å². The second-order valence-electron chi connectivity index (χ2n) is 8.11. The lowest BCUT2D eigenvalue weighted by Gasteiger charge is -2.15. The van der Waals surface area contributed by atoms with Gasteiger partial charge in [-0.3, -0.25) is 5.43 Å². The molecule has 0 heterocycles. The summed E-state index contributed by atoms with van der Waals surface area (Å²) in [6, 6.07) is 22.2. The van der Waals surface area contributed by atoms with Gasteiger partial charge in [0.05, 0.1) is 6.21 Å². The SMILES string of the molecule is Cc1ccc(C(C)C)c(OCCOc2ccc(Br)cc2C=NNC(=S)NCc2ccccc2)c1. The summed E-state index contributed by atoms with van der Waals surface area (Å²) in [5, 5.41) is 7.84.